The van der Waals surface area contributed by atoms with E-state index in [0.29, 0.717) is 31.9 Å². The molecule has 0 radical (unpaired) electrons. The number of para-hydroxylation sites is 1. The van der Waals surface area contributed by atoms with Crippen molar-refractivity contribution in [2.45, 2.75) is 46.8 Å². The topological polar surface area (TPSA) is 115 Å². The number of thiazole rings is 1. The third kappa shape index (κ3) is 6.04. The van der Waals surface area contributed by atoms with E-state index in [2.05, 4.69) is 4.99 Å². The van der Waals surface area contributed by atoms with Crippen LogP contribution in [0.3, 0.4) is 0 Å². The van der Waals surface area contributed by atoms with Gasteiger partial charge in [-0.15, -0.1) is 0 Å². The normalized spacial score (nSPS) is 14.8. The number of methoxy groups -OCH3 is 2. The summed E-state index contributed by atoms with van der Waals surface area (Å²) in [6, 6.07) is 9.77. The molecule has 0 saturated heterocycles. The van der Waals surface area contributed by atoms with E-state index in [9.17, 15) is 14.4 Å². The van der Waals surface area contributed by atoms with Crippen LogP contribution >= 0.6 is 11.3 Å². The second-order valence-electron chi connectivity index (χ2n) is 9.35. The number of benzene rings is 2. The Kier molecular flexibility index (Phi) is 8.97. The fourth-order valence-corrected chi connectivity index (χ4v) is 5.58. The summed E-state index contributed by atoms with van der Waals surface area (Å²) in [5, 5.41) is 0. The van der Waals surface area contributed by atoms with Crippen LogP contribution in [0.4, 0.5) is 0 Å². The quantitative estimate of drug-likeness (QED) is 0.279. The highest BCUT2D eigenvalue weighted by molar-refractivity contribution is 7.07. The minimum absolute atomic E-state index is 0.136. The fourth-order valence-electron chi connectivity index (χ4n) is 4.53. The van der Waals surface area contributed by atoms with Gasteiger partial charge in [-0.25, -0.2) is 9.79 Å². The van der Waals surface area contributed by atoms with Crippen LogP contribution in [0.25, 0.3) is 6.08 Å². The Morgan fingerprint density at radius 3 is 2.34 bits per heavy atom. The minimum atomic E-state index is -0.821. The van der Waals surface area contributed by atoms with E-state index in [1.165, 1.54) is 37.0 Å². The van der Waals surface area contributed by atoms with Crippen molar-refractivity contribution in [1.82, 2.24) is 4.57 Å². The zero-order valence-corrected chi connectivity index (χ0v) is 24.8. The number of aromatic nitrogens is 1. The molecule has 2 aromatic carbocycles. The molecule has 1 aliphatic heterocycles. The van der Waals surface area contributed by atoms with Crippen LogP contribution in [0.2, 0.25) is 0 Å². The number of fused-ring (bicyclic) bond motifs is 1. The maximum absolute atomic E-state index is 14.0. The number of esters is 2. The average Bonchev–Trinajstić information content (AvgIpc) is 3.22. The zero-order valence-electron chi connectivity index (χ0n) is 24.0. The maximum atomic E-state index is 14.0. The van der Waals surface area contributed by atoms with Crippen molar-refractivity contribution in [1.29, 1.82) is 0 Å². The van der Waals surface area contributed by atoms with Crippen molar-refractivity contribution in [2.24, 2.45) is 4.99 Å². The first-order valence-electron chi connectivity index (χ1n) is 13.0. The van der Waals surface area contributed by atoms with Gasteiger partial charge in [0, 0.05) is 12.5 Å². The molecule has 1 unspecified atom stereocenters. The molecule has 4 rings (SSSR count). The second-order valence-corrected chi connectivity index (χ2v) is 10.4. The Balaban J connectivity index is 1.96. The summed E-state index contributed by atoms with van der Waals surface area (Å²) in [6.07, 6.45) is 1.53. The number of hydrogen-bond donors (Lipinski definition) is 0. The van der Waals surface area contributed by atoms with Crippen molar-refractivity contribution in [3.63, 3.8) is 0 Å². The highest BCUT2D eigenvalue weighted by atomic mass is 32.1. The molecule has 0 bridgehead atoms. The summed E-state index contributed by atoms with van der Waals surface area (Å²) >= 11 is 1.18. The highest BCUT2D eigenvalue weighted by Gasteiger charge is 2.35. The Bertz CT molecular complexity index is 1670. The van der Waals surface area contributed by atoms with E-state index in [-0.39, 0.29) is 41.1 Å². The van der Waals surface area contributed by atoms with Crippen LogP contribution in [0.5, 0.6) is 23.0 Å². The summed E-state index contributed by atoms with van der Waals surface area (Å²) in [6.45, 7) is 8.72. The van der Waals surface area contributed by atoms with Gasteiger partial charge in [0.05, 0.1) is 42.7 Å². The average molecular weight is 581 g/mol. The van der Waals surface area contributed by atoms with Gasteiger partial charge in [0.15, 0.2) is 16.3 Å². The van der Waals surface area contributed by atoms with Gasteiger partial charge < -0.3 is 23.7 Å². The lowest BCUT2D eigenvalue weighted by Crippen LogP contribution is -2.40. The monoisotopic (exact) mass is 580 g/mol. The first-order chi connectivity index (χ1) is 19.6. The predicted octanol–water partition coefficient (Wildman–Crippen LogP) is 3.53. The molecule has 1 atom stereocenters. The Morgan fingerprint density at radius 2 is 1.76 bits per heavy atom. The smallest absolute Gasteiger partial charge is 0.338 e. The van der Waals surface area contributed by atoms with Crippen molar-refractivity contribution >= 4 is 29.4 Å². The summed E-state index contributed by atoms with van der Waals surface area (Å²) in [4.78, 5) is 43.9. The first kappa shape index (κ1) is 29.6. The minimum Gasteiger partial charge on any atom is -0.493 e. The van der Waals surface area contributed by atoms with Crippen molar-refractivity contribution < 1.29 is 33.3 Å². The molecule has 41 heavy (non-hydrogen) atoms. The number of nitrogens with zero attached hydrogens (tertiary/aromatic N) is 2. The Labute approximate surface area is 241 Å². The van der Waals surface area contributed by atoms with Crippen LogP contribution in [0, 0.1) is 0 Å². The molecular weight excluding hydrogens is 548 g/mol. The molecule has 2 heterocycles. The van der Waals surface area contributed by atoms with Gasteiger partial charge in [0.2, 0.25) is 5.75 Å². The summed E-state index contributed by atoms with van der Waals surface area (Å²) < 4.78 is 29.5. The zero-order chi connectivity index (χ0) is 29.8. The number of carbonyl (C=O) groups is 2. The standard InChI is InChI=1S/C30H32N2O8S/c1-8-38-29(35)25-17(4)31-30-32(26(25)20-11-9-10-12-21(20)39-16(2)3)28(34)24(41-30)15-19-13-22(36-6)27(40-18(5)33)23(14-19)37-7/h9-16,26H,8H2,1-7H3/b24-15-. The molecule has 0 aliphatic carbocycles. The van der Waals surface area contributed by atoms with Gasteiger partial charge in [-0.05, 0) is 57.5 Å². The van der Waals surface area contributed by atoms with Gasteiger partial charge in [-0.1, -0.05) is 29.5 Å². The first-order valence-corrected chi connectivity index (χ1v) is 13.8. The number of hydrogen-bond acceptors (Lipinski definition) is 10. The van der Waals surface area contributed by atoms with E-state index in [0.717, 1.165) is 0 Å². The lowest BCUT2D eigenvalue weighted by atomic mass is 9.95. The van der Waals surface area contributed by atoms with E-state index in [1.807, 2.05) is 38.1 Å². The third-order valence-corrected chi connectivity index (χ3v) is 7.10. The largest absolute Gasteiger partial charge is 0.493 e. The number of allylic oxidation sites excluding steroid dienone is 1. The molecule has 3 aromatic rings. The Morgan fingerprint density at radius 1 is 1.10 bits per heavy atom. The van der Waals surface area contributed by atoms with Crippen LogP contribution in [-0.4, -0.2) is 43.4 Å². The van der Waals surface area contributed by atoms with Crippen LogP contribution in [0.15, 0.2) is 57.5 Å². The molecule has 1 aromatic heterocycles. The molecule has 0 spiro atoms. The molecular formula is C30H32N2O8S. The van der Waals surface area contributed by atoms with E-state index in [1.54, 1.807) is 32.1 Å². The molecule has 0 fully saturated rings. The lowest BCUT2D eigenvalue weighted by molar-refractivity contribution is -0.139. The molecule has 10 nitrogen and oxygen atoms in total. The van der Waals surface area contributed by atoms with Crippen molar-refractivity contribution in [3.8, 4) is 23.0 Å². The maximum Gasteiger partial charge on any atom is 0.338 e. The SMILES string of the molecule is CCOC(=O)C1=C(C)N=c2s/c(=C\c3cc(OC)c(OC(C)=O)c(OC)c3)c(=O)n2C1c1ccccc1OC(C)C. The van der Waals surface area contributed by atoms with Crippen molar-refractivity contribution in [2.75, 3.05) is 20.8 Å². The molecule has 0 N–H and O–H groups in total. The summed E-state index contributed by atoms with van der Waals surface area (Å²) in [5.41, 5.74) is 1.57. The van der Waals surface area contributed by atoms with Gasteiger partial charge in [-0.2, -0.15) is 0 Å². The molecule has 0 saturated carbocycles. The van der Waals surface area contributed by atoms with E-state index >= 15 is 0 Å². The van der Waals surface area contributed by atoms with Gasteiger partial charge in [-0.3, -0.25) is 14.2 Å². The van der Waals surface area contributed by atoms with Gasteiger partial charge >= 0.3 is 11.9 Å². The Hall–Kier alpha value is -4.38. The number of ether oxygens (including phenoxy) is 5. The van der Waals surface area contributed by atoms with Crippen LogP contribution in [0.1, 0.15) is 51.8 Å². The molecule has 1 aliphatic rings. The van der Waals surface area contributed by atoms with Gasteiger partial charge in [0.1, 0.15) is 11.8 Å². The number of carbonyl (C=O) groups excluding carboxylic acids is 2. The summed E-state index contributed by atoms with van der Waals surface area (Å²) in [5.74, 6) is 0.125. The van der Waals surface area contributed by atoms with Crippen molar-refractivity contribution in [3.05, 3.63) is 78.5 Å². The lowest BCUT2D eigenvalue weighted by Gasteiger charge is -2.26. The molecule has 11 heteroatoms. The molecule has 0 amide bonds. The summed E-state index contributed by atoms with van der Waals surface area (Å²) in [7, 11) is 2.88. The van der Waals surface area contributed by atoms with E-state index in [4.69, 9.17) is 23.7 Å². The highest BCUT2D eigenvalue weighted by Crippen LogP contribution is 2.39. The van der Waals surface area contributed by atoms with E-state index < -0.39 is 18.0 Å². The predicted molar refractivity (Wildman–Crippen MR) is 153 cm³/mol. The third-order valence-electron chi connectivity index (χ3n) is 6.12. The molecule has 216 valence electrons. The fraction of sp³-hybridized carbons (Fsp3) is 0.333. The number of rotatable bonds is 9. The van der Waals surface area contributed by atoms with Crippen LogP contribution in [-0.2, 0) is 14.3 Å². The second kappa shape index (κ2) is 12.4. The van der Waals surface area contributed by atoms with Gasteiger partial charge in [0.25, 0.3) is 5.56 Å². The van der Waals surface area contributed by atoms with Crippen LogP contribution < -0.4 is 33.8 Å².